The second kappa shape index (κ2) is 13.2. The molecule has 0 unspecified atom stereocenters. The van der Waals surface area contributed by atoms with Gasteiger partial charge in [-0.1, -0.05) is 55.5 Å². The van der Waals surface area contributed by atoms with Gasteiger partial charge < -0.3 is 15.3 Å². The highest BCUT2D eigenvalue weighted by molar-refractivity contribution is 5.86. The van der Waals surface area contributed by atoms with E-state index in [4.69, 9.17) is 5.11 Å². The quantitative estimate of drug-likeness (QED) is 0.453. The molecule has 150 valence electrons. The van der Waals surface area contributed by atoms with E-state index in [1.807, 2.05) is 12.2 Å². The van der Waals surface area contributed by atoms with Gasteiger partial charge in [0.15, 0.2) is 0 Å². The maximum atomic E-state index is 12.1. The number of ketones is 1. The third-order valence-electron chi connectivity index (χ3n) is 4.62. The Morgan fingerprint density at radius 3 is 2.41 bits per heavy atom. The van der Waals surface area contributed by atoms with Crippen molar-refractivity contribution in [2.75, 3.05) is 0 Å². The van der Waals surface area contributed by atoms with Crippen LogP contribution in [0, 0.1) is 11.8 Å². The molecule has 1 fully saturated rings. The Morgan fingerprint density at radius 2 is 1.78 bits per heavy atom. The second-order valence-corrected chi connectivity index (χ2v) is 6.84. The predicted molar refractivity (Wildman–Crippen MR) is 106 cm³/mol. The molecule has 0 saturated heterocycles. The molecule has 4 atom stereocenters. The van der Waals surface area contributed by atoms with Gasteiger partial charge in [0, 0.05) is 24.7 Å². The molecule has 27 heavy (non-hydrogen) atoms. The van der Waals surface area contributed by atoms with Gasteiger partial charge in [-0.2, -0.15) is 0 Å². The predicted octanol–water partition coefficient (Wildman–Crippen LogP) is 3.58. The summed E-state index contributed by atoms with van der Waals surface area (Å²) in [6.07, 6.45) is 17.5. The fraction of sp³-hybridized carbons (Fsp3) is 0.545. The molecular weight excluding hydrogens is 344 g/mol. The largest absolute Gasteiger partial charge is 0.481 e. The van der Waals surface area contributed by atoms with Gasteiger partial charge in [-0.05, 0) is 32.1 Å². The summed E-state index contributed by atoms with van der Waals surface area (Å²) in [5, 5.41) is 28.6. The average molecular weight is 376 g/mol. The fourth-order valence-corrected chi connectivity index (χ4v) is 3.10. The summed E-state index contributed by atoms with van der Waals surface area (Å²) in [5.41, 5.74) is 0. The number of carboxylic acid groups (broad SMARTS) is 1. The van der Waals surface area contributed by atoms with Gasteiger partial charge in [-0.15, -0.1) is 0 Å². The van der Waals surface area contributed by atoms with Crippen molar-refractivity contribution < 1.29 is 24.9 Å². The van der Waals surface area contributed by atoms with Gasteiger partial charge >= 0.3 is 5.97 Å². The van der Waals surface area contributed by atoms with Gasteiger partial charge in [-0.25, -0.2) is 0 Å². The minimum atomic E-state index is -0.965. The Kier molecular flexibility index (Phi) is 11.3. The molecule has 5 heteroatoms. The Bertz CT molecular complexity index is 573. The Morgan fingerprint density at radius 1 is 1.15 bits per heavy atom. The summed E-state index contributed by atoms with van der Waals surface area (Å²) < 4.78 is 0. The van der Waals surface area contributed by atoms with Gasteiger partial charge in [0.25, 0.3) is 0 Å². The lowest BCUT2D eigenvalue weighted by Gasteiger charge is -2.17. The number of aliphatic hydroxyl groups excluding tert-OH is 2. The van der Waals surface area contributed by atoms with E-state index in [0.717, 1.165) is 19.3 Å². The number of hydrogen-bond donors (Lipinski definition) is 3. The first-order valence-electron chi connectivity index (χ1n) is 9.69. The van der Waals surface area contributed by atoms with E-state index in [1.54, 1.807) is 6.08 Å². The van der Waals surface area contributed by atoms with Gasteiger partial charge in [-0.3, -0.25) is 9.59 Å². The second-order valence-electron chi connectivity index (χ2n) is 6.84. The number of Topliss-reactive ketones (excluding diaryl/α,β-unsaturated/α-hetero) is 1. The molecule has 3 N–H and O–H groups in total. The zero-order chi connectivity index (χ0) is 20.1. The molecular formula is C22H32O5. The number of carbonyl (C=O) groups is 2. The lowest BCUT2D eigenvalue weighted by molar-refractivity contribution is -0.137. The normalized spacial score (nSPS) is 24.9. The van der Waals surface area contributed by atoms with Crippen LogP contribution in [0.3, 0.4) is 0 Å². The van der Waals surface area contributed by atoms with E-state index < -0.39 is 24.1 Å². The van der Waals surface area contributed by atoms with Gasteiger partial charge in [0.1, 0.15) is 5.78 Å². The molecule has 1 saturated carbocycles. The molecule has 0 aliphatic heterocycles. The van der Waals surface area contributed by atoms with Crippen molar-refractivity contribution in [3.63, 3.8) is 0 Å². The van der Waals surface area contributed by atoms with Crippen LogP contribution in [0.5, 0.6) is 0 Å². The van der Waals surface area contributed by atoms with Crippen LogP contribution in [-0.2, 0) is 9.59 Å². The number of allylic oxidation sites excluding steroid dienone is 7. The summed E-state index contributed by atoms with van der Waals surface area (Å²) in [4.78, 5) is 22.6. The first-order chi connectivity index (χ1) is 13.0. The smallest absolute Gasteiger partial charge is 0.303 e. The first kappa shape index (κ1) is 23.1. The van der Waals surface area contributed by atoms with E-state index in [-0.39, 0.29) is 31.0 Å². The van der Waals surface area contributed by atoms with E-state index in [1.165, 1.54) is 6.08 Å². The molecule has 0 amide bonds. The van der Waals surface area contributed by atoms with Gasteiger partial charge in [0.05, 0.1) is 12.2 Å². The van der Waals surface area contributed by atoms with E-state index in [2.05, 4.69) is 31.2 Å². The molecule has 1 aliphatic carbocycles. The minimum absolute atomic E-state index is 0.0369. The monoisotopic (exact) mass is 376 g/mol. The lowest BCUT2D eigenvalue weighted by atomic mass is 9.90. The van der Waals surface area contributed by atoms with Crippen molar-refractivity contribution >= 4 is 11.8 Å². The highest BCUT2D eigenvalue weighted by Crippen LogP contribution is 2.33. The maximum Gasteiger partial charge on any atom is 0.303 e. The van der Waals surface area contributed by atoms with Crippen LogP contribution in [0.2, 0.25) is 0 Å². The molecule has 0 aromatic carbocycles. The number of rotatable bonds is 12. The molecule has 0 bridgehead atoms. The topological polar surface area (TPSA) is 94.8 Å². The molecule has 0 aromatic rings. The molecule has 0 aromatic heterocycles. The van der Waals surface area contributed by atoms with E-state index >= 15 is 0 Å². The van der Waals surface area contributed by atoms with Crippen molar-refractivity contribution in [3.05, 3.63) is 48.6 Å². The zero-order valence-corrected chi connectivity index (χ0v) is 16.0. The van der Waals surface area contributed by atoms with Crippen molar-refractivity contribution in [1.82, 2.24) is 0 Å². The maximum absolute atomic E-state index is 12.1. The SMILES string of the molecule is CC/C=C\C/C=C\C/C=C\C[C@H]1[C@H](O)CC(=O)[C@@H]1/C=C/[C@H](O)CCC(=O)O. The van der Waals surface area contributed by atoms with Crippen LogP contribution in [0.25, 0.3) is 0 Å². The summed E-state index contributed by atoms with van der Waals surface area (Å²) in [6, 6.07) is 0. The molecule has 5 nitrogen and oxygen atoms in total. The summed E-state index contributed by atoms with van der Waals surface area (Å²) in [6.45, 7) is 2.10. The first-order valence-corrected chi connectivity index (χ1v) is 9.69. The van der Waals surface area contributed by atoms with Crippen LogP contribution in [-0.4, -0.2) is 39.3 Å². The average Bonchev–Trinajstić information content (AvgIpc) is 2.89. The van der Waals surface area contributed by atoms with Crippen molar-refractivity contribution in [1.29, 1.82) is 0 Å². The van der Waals surface area contributed by atoms with E-state index in [9.17, 15) is 19.8 Å². The zero-order valence-electron chi connectivity index (χ0n) is 16.0. The van der Waals surface area contributed by atoms with Crippen molar-refractivity contribution in [2.45, 2.75) is 64.1 Å². The summed E-state index contributed by atoms with van der Waals surface area (Å²) >= 11 is 0. The Labute approximate surface area is 161 Å². The van der Waals surface area contributed by atoms with Gasteiger partial charge in [0.2, 0.25) is 0 Å². The molecule has 1 aliphatic rings. The third-order valence-corrected chi connectivity index (χ3v) is 4.62. The molecule has 0 heterocycles. The molecule has 0 radical (unpaired) electrons. The number of carbonyl (C=O) groups excluding carboxylic acids is 1. The Hall–Kier alpha value is -1.98. The van der Waals surface area contributed by atoms with Crippen LogP contribution >= 0.6 is 0 Å². The summed E-state index contributed by atoms with van der Waals surface area (Å²) in [5.74, 6) is -1.63. The number of hydrogen-bond acceptors (Lipinski definition) is 4. The molecule has 0 spiro atoms. The van der Waals surface area contributed by atoms with Crippen molar-refractivity contribution in [3.8, 4) is 0 Å². The van der Waals surface area contributed by atoms with Crippen LogP contribution in [0.1, 0.15) is 51.9 Å². The van der Waals surface area contributed by atoms with Crippen LogP contribution in [0.15, 0.2) is 48.6 Å². The van der Waals surface area contributed by atoms with Crippen LogP contribution < -0.4 is 0 Å². The Balaban J connectivity index is 2.48. The third kappa shape index (κ3) is 9.50. The van der Waals surface area contributed by atoms with Crippen molar-refractivity contribution in [2.24, 2.45) is 11.8 Å². The molecule has 1 rings (SSSR count). The number of aliphatic hydroxyl groups is 2. The fourth-order valence-electron chi connectivity index (χ4n) is 3.10. The highest BCUT2D eigenvalue weighted by atomic mass is 16.4. The number of carboxylic acids is 1. The standard InChI is InChI=1S/C22H32O5/c1-2-3-4-5-6-7-8-9-10-11-18-19(21(25)16-20(18)24)14-12-17(23)13-15-22(26)27/h3-4,6-7,9-10,12,14,17-20,23-24H,2,5,8,11,13,15-16H2,1H3,(H,26,27)/b4-3-,7-6-,10-9-,14-12+/t17-,18+,19+,20+/m0/s1. The minimum Gasteiger partial charge on any atom is -0.481 e. The highest BCUT2D eigenvalue weighted by Gasteiger charge is 2.39. The van der Waals surface area contributed by atoms with E-state index in [0.29, 0.717) is 6.42 Å². The van der Waals surface area contributed by atoms with Crippen LogP contribution in [0.4, 0.5) is 0 Å². The lowest BCUT2D eigenvalue weighted by Crippen LogP contribution is -2.19. The number of aliphatic carboxylic acids is 1. The summed E-state index contributed by atoms with van der Waals surface area (Å²) in [7, 11) is 0.